The Bertz CT molecular complexity index is 1280. The number of nitrogens with one attached hydrogen (secondary N) is 1. The van der Waals surface area contributed by atoms with Gasteiger partial charge in [-0.15, -0.1) is 0 Å². The van der Waals surface area contributed by atoms with E-state index in [-0.39, 0.29) is 22.6 Å². The Labute approximate surface area is 220 Å². The second-order valence-corrected chi connectivity index (χ2v) is 9.53. The Balaban J connectivity index is 1.48. The normalized spacial score (nSPS) is 16.6. The van der Waals surface area contributed by atoms with Gasteiger partial charge in [-0.2, -0.15) is 0 Å². The number of carbonyl (C=O) groups is 1. The van der Waals surface area contributed by atoms with Crippen molar-refractivity contribution in [3.05, 3.63) is 59.3 Å². The minimum atomic E-state index is -0.361. The predicted octanol–water partition coefficient (Wildman–Crippen LogP) is 3.49. The van der Waals surface area contributed by atoms with Crippen LogP contribution < -0.4 is 16.0 Å². The standard InChI is InChI=1S/C26H29ClFN7O2/c1-33-6-8-34(9-7-33)22-15-20(28)19(14-21(22)32-25-23(29)24(27)30-16-31-25)17-2-4-18(5-3-17)26(36)35-10-12-37-13-11-35/h2-5,14-16H,6-13,29H2,1H3,(H,30,31,32). The van der Waals surface area contributed by atoms with Crippen LogP contribution in [0.15, 0.2) is 42.7 Å². The number of piperazine rings is 1. The Morgan fingerprint density at radius 1 is 1.05 bits per heavy atom. The minimum Gasteiger partial charge on any atom is -0.393 e. The number of anilines is 4. The molecule has 3 heterocycles. The van der Waals surface area contributed by atoms with E-state index < -0.39 is 0 Å². The molecule has 2 aliphatic rings. The molecule has 2 saturated heterocycles. The third-order valence-corrected chi connectivity index (χ3v) is 7.06. The van der Waals surface area contributed by atoms with Gasteiger partial charge in [0.15, 0.2) is 11.0 Å². The van der Waals surface area contributed by atoms with Gasteiger partial charge in [0.2, 0.25) is 0 Å². The van der Waals surface area contributed by atoms with Gasteiger partial charge in [-0.25, -0.2) is 14.4 Å². The molecule has 9 nitrogen and oxygen atoms in total. The second-order valence-electron chi connectivity index (χ2n) is 9.17. The van der Waals surface area contributed by atoms with E-state index in [1.165, 1.54) is 12.4 Å². The third kappa shape index (κ3) is 5.46. The summed E-state index contributed by atoms with van der Waals surface area (Å²) >= 11 is 6.10. The first-order valence-electron chi connectivity index (χ1n) is 12.2. The summed E-state index contributed by atoms with van der Waals surface area (Å²) in [6.07, 6.45) is 1.32. The molecule has 1 amide bonds. The molecule has 3 aromatic rings. The van der Waals surface area contributed by atoms with Gasteiger partial charge < -0.3 is 30.5 Å². The van der Waals surface area contributed by atoms with Crippen molar-refractivity contribution in [1.29, 1.82) is 0 Å². The van der Waals surface area contributed by atoms with Gasteiger partial charge >= 0.3 is 0 Å². The van der Waals surface area contributed by atoms with Crippen molar-refractivity contribution in [3.63, 3.8) is 0 Å². The summed E-state index contributed by atoms with van der Waals surface area (Å²) in [7, 11) is 2.07. The fourth-order valence-corrected chi connectivity index (χ4v) is 4.67. The number of halogens is 2. The zero-order valence-electron chi connectivity index (χ0n) is 20.6. The molecule has 0 radical (unpaired) electrons. The third-order valence-electron chi connectivity index (χ3n) is 6.76. The molecule has 2 aromatic carbocycles. The highest BCUT2D eigenvalue weighted by molar-refractivity contribution is 6.32. The average Bonchev–Trinajstić information content (AvgIpc) is 2.92. The first-order valence-corrected chi connectivity index (χ1v) is 12.6. The van der Waals surface area contributed by atoms with Gasteiger partial charge in [-0.1, -0.05) is 23.7 Å². The molecule has 11 heteroatoms. The zero-order chi connectivity index (χ0) is 25.9. The number of ether oxygens (including phenoxy) is 1. The summed E-state index contributed by atoms with van der Waals surface area (Å²) in [6, 6.07) is 10.3. The van der Waals surface area contributed by atoms with Crippen LogP contribution in [0, 0.1) is 5.82 Å². The van der Waals surface area contributed by atoms with E-state index in [2.05, 4.69) is 32.1 Å². The van der Waals surface area contributed by atoms with E-state index in [1.807, 2.05) is 0 Å². The first kappa shape index (κ1) is 25.2. The molecule has 0 unspecified atom stereocenters. The minimum absolute atomic E-state index is 0.0563. The van der Waals surface area contributed by atoms with Gasteiger partial charge in [0.05, 0.1) is 24.6 Å². The van der Waals surface area contributed by atoms with E-state index >= 15 is 4.39 Å². The lowest BCUT2D eigenvalue weighted by Crippen LogP contribution is -2.44. The summed E-state index contributed by atoms with van der Waals surface area (Å²) in [5.41, 5.74) is 9.28. The van der Waals surface area contributed by atoms with Crippen LogP contribution in [0.3, 0.4) is 0 Å². The number of nitrogen functional groups attached to an aromatic ring is 1. The average molecular weight is 526 g/mol. The number of carbonyl (C=O) groups excluding carboxylic acids is 1. The van der Waals surface area contributed by atoms with Crippen LogP contribution in [-0.2, 0) is 4.74 Å². The van der Waals surface area contributed by atoms with Crippen LogP contribution in [0.2, 0.25) is 5.15 Å². The van der Waals surface area contributed by atoms with Crippen LogP contribution in [0.5, 0.6) is 0 Å². The molecule has 0 aliphatic carbocycles. The van der Waals surface area contributed by atoms with Crippen molar-refractivity contribution in [2.75, 3.05) is 75.5 Å². The zero-order valence-corrected chi connectivity index (χ0v) is 21.3. The van der Waals surface area contributed by atoms with E-state index in [1.54, 1.807) is 35.2 Å². The molecular formula is C26H29ClFN7O2. The maximum Gasteiger partial charge on any atom is 0.254 e. The smallest absolute Gasteiger partial charge is 0.254 e. The summed E-state index contributed by atoms with van der Waals surface area (Å²) in [6.45, 7) is 5.43. The molecule has 1 aromatic heterocycles. The Kier molecular flexibility index (Phi) is 7.40. The number of hydrogen-bond donors (Lipinski definition) is 2. The summed E-state index contributed by atoms with van der Waals surface area (Å²) in [4.78, 5) is 27.1. The number of benzene rings is 2. The molecule has 2 aliphatic heterocycles. The number of aromatic nitrogens is 2. The topological polar surface area (TPSA) is 99.8 Å². The number of morpholine rings is 1. The van der Waals surface area contributed by atoms with Crippen molar-refractivity contribution in [3.8, 4) is 11.1 Å². The van der Waals surface area contributed by atoms with Crippen molar-refractivity contribution in [1.82, 2.24) is 19.8 Å². The highest BCUT2D eigenvalue weighted by Crippen LogP contribution is 2.37. The van der Waals surface area contributed by atoms with Crippen molar-refractivity contribution < 1.29 is 13.9 Å². The second kappa shape index (κ2) is 10.9. The molecule has 0 spiro atoms. The quantitative estimate of drug-likeness (QED) is 0.488. The molecular weight excluding hydrogens is 497 g/mol. The number of amides is 1. The summed E-state index contributed by atoms with van der Waals surface area (Å²) in [5, 5.41) is 3.39. The molecule has 0 bridgehead atoms. The van der Waals surface area contributed by atoms with Gasteiger partial charge in [0, 0.05) is 50.4 Å². The predicted molar refractivity (Wildman–Crippen MR) is 143 cm³/mol. The molecule has 2 fully saturated rings. The number of likely N-dealkylation sites (N-methyl/N-ethyl adjacent to an activating group) is 1. The summed E-state index contributed by atoms with van der Waals surface area (Å²) < 4.78 is 20.9. The molecule has 194 valence electrons. The number of nitrogens with zero attached hydrogens (tertiary/aromatic N) is 5. The lowest BCUT2D eigenvalue weighted by Gasteiger charge is -2.35. The first-order chi connectivity index (χ1) is 17.9. The Morgan fingerprint density at radius 2 is 1.76 bits per heavy atom. The van der Waals surface area contributed by atoms with Gasteiger partial charge in [-0.3, -0.25) is 4.79 Å². The van der Waals surface area contributed by atoms with E-state index in [9.17, 15) is 4.79 Å². The van der Waals surface area contributed by atoms with Crippen molar-refractivity contribution >= 4 is 40.4 Å². The van der Waals surface area contributed by atoms with Crippen LogP contribution >= 0.6 is 11.6 Å². The lowest BCUT2D eigenvalue weighted by molar-refractivity contribution is 0.0303. The SMILES string of the molecule is CN1CCN(c2cc(F)c(-c3ccc(C(=O)N4CCOCC4)cc3)cc2Nc2ncnc(Cl)c2N)CC1. The fraction of sp³-hybridized carbons (Fsp3) is 0.346. The molecule has 0 saturated carbocycles. The highest BCUT2D eigenvalue weighted by Gasteiger charge is 2.22. The number of rotatable bonds is 5. The Hall–Kier alpha value is -3.47. The van der Waals surface area contributed by atoms with Gasteiger partial charge in [0.1, 0.15) is 17.8 Å². The van der Waals surface area contributed by atoms with E-state index in [4.69, 9.17) is 22.1 Å². The van der Waals surface area contributed by atoms with Crippen LogP contribution in [0.1, 0.15) is 10.4 Å². The van der Waals surface area contributed by atoms with E-state index in [0.29, 0.717) is 60.2 Å². The maximum absolute atomic E-state index is 15.6. The highest BCUT2D eigenvalue weighted by atomic mass is 35.5. The van der Waals surface area contributed by atoms with Crippen LogP contribution in [0.4, 0.5) is 27.3 Å². The molecule has 5 rings (SSSR count). The monoisotopic (exact) mass is 525 g/mol. The number of hydrogen-bond acceptors (Lipinski definition) is 8. The van der Waals surface area contributed by atoms with Crippen LogP contribution in [0.25, 0.3) is 11.1 Å². The fourth-order valence-electron chi connectivity index (χ4n) is 4.54. The molecule has 37 heavy (non-hydrogen) atoms. The number of nitrogens with two attached hydrogens (primary N) is 1. The largest absolute Gasteiger partial charge is 0.393 e. The molecule has 3 N–H and O–H groups in total. The van der Waals surface area contributed by atoms with Crippen molar-refractivity contribution in [2.24, 2.45) is 0 Å². The lowest BCUT2D eigenvalue weighted by atomic mass is 10.0. The van der Waals surface area contributed by atoms with E-state index in [0.717, 1.165) is 26.2 Å². The van der Waals surface area contributed by atoms with Crippen LogP contribution in [-0.4, -0.2) is 85.2 Å². The molecule has 0 atom stereocenters. The van der Waals surface area contributed by atoms with Crippen molar-refractivity contribution in [2.45, 2.75) is 0 Å². The van der Waals surface area contributed by atoms with Gasteiger partial charge in [-0.05, 0) is 36.9 Å². The summed E-state index contributed by atoms with van der Waals surface area (Å²) in [5.74, 6) is -0.0703. The Morgan fingerprint density at radius 3 is 2.46 bits per heavy atom. The van der Waals surface area contributed by atoms with Gasteiger partial charge in [0.25, 0.3) is 5.91 Å². The maximum atomic E-state index is 15.6.